The van der Waals surface area contributed by atoms with E-state index in [9.17, 15) is 14.4 Å². The molecule has 0 unspecified atom stereocenters. The zero-order chi connectivity index (χ0) is 27.8. The Balaban J connectivity index is 1.61. The van der Waals surface area contributed by atoms with Gasteiger partial charge in [0.25, 0.3) is 0 Å². The third-order valence-corrected chi connectivity index (χ3v) is 8.08. The normalized spacial score (nSPS) is 24.3. The second kappa shape index (κ2) is 13.6. The molecule has 8 heteroatoms. The molecule has 0 aromatic heterocycles. The second-order valence-corrected chi connectivity index (χ2v) is 10.7. The molecule has 0 spiro atoms. The second-order valence-electron chi connectivity index (χ2n) is 10.7. The number of fused-ring (bicyclic) bond motifs is 3. The van der Waals surface area contributed by atoms with Crippen LogP contribution in [0.2, 0.25) is 0 Å². The monoisotopic (exact) mass is 534 g/mol. The fraction of sp³-hybridized carbons (Fsp3) is 0.516. The molecule has 4 rings (SSSR count). The Kier molecular flexibility index (Phi) is 9.98. The van der Waals surface area contributed by atoms with Gasteiger partial charge in [0.1, 0.15) is 24.4 Å². The molecule has 0 aliphatic carbocycles. The van der Waals surface area contributed by atoms with Crippen LogP contribution in [0.3, 0.4) is 0 Å². The first kappa shape index (κ1) is 28.6. The highest BCUT2D eigenvalue weighted by Gasteiger charge is 2.43. The molecule has 2 bridgehead atoms. The lowest BCUT2D eigenvalue weighted by Crippen LogP contribution is -2.55. The fourth-order valence-electron chi connectivity index (χ4n) is 5.51. The summed E-state index contributed by atoms with van der Waals surface area (Å²) in [5, 5.41) is 6.48. The highest BCUT2D eigenvalue weighted by molar-refractivity contribution is 5.94. The van der Waals surface area contributed by atoms with Gasteiger partial charge in [-0.15, -0.1) is 0 Å². The Morgan fingerprint density at radius 3 is 2.51 bits per heavy atom. The zero-order valence-electron chi connectivity index (χ0n) is 23.4. The Labute approximate surface area is 232 Å². The molecule has 0 saturated carbocycles. The summed E-state index contributed by atoms with van der Waals surface area (Å²) in [4.78, 5) is 44.1. The van der Waals surface area contributed by atoms with Gasteiger partial charge in [-0.3, -0.25) is 14.4 Å². The average molecular weight is 535 g/mol. The van der Waals surface area contributed by atoms with Crippen molar-refractivity contribution in [1.29, 1.82) is 0 Å². The highest BCUT2D eigenvalue weighted by Crippen LogP contribution is 2.24. The number of nitrogens with zero attached hydrogens (tertiary/aromatic N) is 2. The Morgan fingerprint density at radius 2 is 1.74 bits per heavy atom. The minimum Gasteiger partial charge on any atom is -0.492 e. The van der Waals surface area contributed by atoms with Gasteiger partial charge in [0.2, 0.25) is 17.7 Å². The lowest BCUT2D eigenvalue weighted by Gasteiger charge is -2.32. The van der Waals surface area contributed by atoms with Gasteiger partial charge in [0.05, 0.1) is 6.04 Å². The molecule has 39 heavy (non-hydrogen) atoms. The van der Waals surface area contributed by atoms with Crippen LogP contribution in [-0.2, 0) is 27.2 Å². The quantitative estimate of drug-likeness (QED) is 0.630. The van der Waals surface area contributed by atoms with E-state index >= 15 is 0 Å². The number of hydrogen-bond donors (Lipinski definition) is 2. The molecule has 2 aliphatic heterocycles. The number of para-hydroxylation sites is 1. The number of rotatable bonds is 4. The van der Waals surface area contributed by atoms with Crippen molar-refractivity contribution in [1.82, 2.24) is 20.4 Å². The van der Waals surface area contributed by atoms with Crippen LogP contribution in [0.25, 0.3) is 0 Å². The van der Waals surface area contributed by atoms with Gasteiger partial charge in [0.15, 0.2) is 0 Å². The van der Waals surface area contributed by atoms with Crippen molar-refractivity contribution in [3.8, 4) is 5.75 Å². The molecule has 1 fully saturated rings. The standard InChI is InChI=1S/C31H42N4O4/c1-4-22(2)28-31(38)34(3)25-16-19-35(30(25)37)26(21-23-11-6-5-7-12-23)29(36)33-17-10-14-24-13-8-9-15-27(24)39-20-18-32-28/h5-9,11-13,15,22,25-26,28,32H,4,10,14,16-21H2,1-3H3,(H,33,36)/t22-,25-,26+,28-/m0/s1. The number of aryl methyl sites for hydroxylation is 1. The summed E-state index contributed by atoms with van der Waals surface area (Å²) >= 11 is 0. The third-order valence-electron chi connectivity index (χ3n) is 8.08. The smallest absolute Gasteiger partial charge is 0.246 e. The summed E-state index contributed by atoms with van der Waals surface area (Å²) in [5.74, 6) is 0.485. The summed E-state index contributed by atoms with van der Waals surface area (Å²) in [5.41, 5.74) is 2.08. The van der Waals surface area contributed by atoms with Crippen molar-refractivity contribution in [3.63, 3.8) is 0 Å². The van der Waals surface area contributed by atoms with E-state index in [1.165, 1.54) is 0 Å². The molecule has 2 N–H and O–H groups in total. The van der Waals surface area contributed by atoms with Gasteiger partial charge in [0, 0.05) is 33.1 Å². The number of ether oxygens (including phenoxy) is 1. The largest absolute Gasteiger partial charge is 0.492 e. The number of nitrogens with one attached hydrogen (secondary N) is 2. The van der Waals surface area contributed by atoms with Crippen molar-refractivity contribution >= 4 is 17.7 Å². The van der Waals surface area contributed by atoms with E-state index in [4.69, 9.17) is 4.74 Å². The van der Waals surface area contributed by atoms with Crippen LogP contribution in [0.4, 0.5) is 0 Å². The summed E-state index contributed by atoms with van der Waals surface area (Å²) in [7, 11) is 1.71. The maximum atomic E-state index is 13.7. The van der Waals surface area contributed by atoms with E-state index in [1.807, 2.05) is 54.6 Å². The molecule has 210 valence electrons. The number of likely N-dealkylation sites (N-methyl/N-ethyl adjacent to an activating group) is 1. The first-order chi connectivity index (χ1) is 18.9. The minimum atomic E-state index is -0.633. The summed E-state index contributed by atoms with van der Waals surface area (Å²) < 4.78 is 6.09. The van der Waals surface area contributed by atoms with E-state index in [2.05, 4.69) is 24.5 Å². The maximum Gasteiger partial charge on any atom is 0.246 e. The van der Waals surface area contributed by atoms with E-state index < -0.39 is 18.1 Å². The number of benzene rings is 2. The number of carbonyl (C=O) groups excluding carboxylic acids is 3. The van der Waals surface area contributed by atoms with Crippen molar-refractivity contribution in [2.45, 2.75) is 64.1 Å². The topological polar surface area (TPSA) is 91.0 Å². The van der Waals surface area contributed by atoms with Crippen LogP contribution >= 0.6 is 0 Å². The van der Waals surface area contributed by atoms with Crippen LogP contribution < -0.4 is 15.4 Å². The molecular formula is C31H42N4O4. The molecule has 8 nitrogen and oxygen atoms in total. The minimum absolute atomic E-state index is 0.0852. The molecule has 3 amide bonds. The lowest BCUT2D eigenvalue weighted by molar-refractivity contribution is -0.145. The van der Waals surface area contributed by atoms with Crippen LogP contribution in [0, 0.1) is 5.92 Å². The van der Waals surface area contributed by atoms with E-state index in [0.29, 0.717) is 39.1 Å². The third kappa shape index (κ3) is 6.98. The van der Waals surface area contributed by atoms with E-state index in [-0.39, 0.29) is 23.6 Å². The van der Waals surface area contributed by atoms with E-state index in [1.54, 1.807) is 16.8 Å². The fourth-order valence-corrected chi connectivity index (χ4v) is 5.51. The SMILES string of the molecule is CC[C@H](C)[C@@H]1NCCOc2ccccc2CCCNC(=O)[C@@H](Cc2ccccc2)N2CC[C@@H](C2=O)N(C)C1=O. The molecule has 0 radical (unpaired) electrons. The van der Waals surface area contributed by atoms with Gasteiger partial charge in [-0.25, -0.2) is 0 Å². The average Bonchev–Trinajstić information content (AvgIpc) is 3.34. The molecule has 1 saturated heterocycles. The predicted molar refractivity (Wildman–Crippen MR) is 151 cm³/mol. The molecule has 4 atom stereocenters. The predicted octanol–water partition coefficient (Wildman–Crippen LogP) is 2.80. The summed E-state index contributed by atoms with van der Waals surface area (Å²) in [6, 6.07) is 16.1. The molecule has 2 heterocycles. The Hall–Kier alpha value is -3.39. The van der Waals surface area contributed by atoms with E-state index in [0.717, 1.165) is 36.1 Å². The number of carbonyl (C=O) groups is 3. The van der Waals surface area contributed by atoms with Crippen molar-refractivity contribution in [2.75, 3.05) is 33.3 Å². The van der Waals surface area contributed by atoms with Crippen molar-refractivity contribution < 1.29 is 19.1 Å². The van der Waals surface area contributed by atoms with Gasteiger partial charge in [-0.05, 0) is 42.4 Å². The molecule has 2 aromatic rings. The maximum absolute atomic E-state index is 13.7. The van der Waals surface area contributed by atoms with Crippen molar-refractivity contribution in [3.05, 3.63) is 65.7 Å². The highest BCUT2D eigenvalue weighted by atomic mass is 16.5. The Morgan fingerprint density at radius 1 is 1.00 bits per heavy atom. The van der Waals surface area contributed by atoms with Gasteiger partial charge in [-0.1, -0.05) is 68.8 Å². The first-order valence-corrected chi connectivity index (χ1v) is 14.2. The first-order valence-electron chi connectivity index (χ1n) is 14.2. The number of hydrogen-bond acceptors (Lipinski definition) is 5. The Bertz CT molecular complexity index is 1120. The van der Waals surface area contributed by atoms with Gasteiger partial charge in [-0.2, -0.15) is 0 Å². The summed E-state index contributed by atoms with van der Waals surface area (Å²) in [6.07, 6.45) is 3.27. The van der Waals surface area contributed by atoms with Crippen molar-refractivity contribution in [2.24, 2.45) is 5.92 Å². The molecular weight excluding hydrogens is 492 g/mol. The van der Waals surface area contributed by atoms with Crippen LogP contribution in [-0.4, -0.2) is 78.9 Å². The van der Waals surface area contributed by atoms with Crippen LogP contribution in [0.15, 0.2) is 54.6 Å². The van der Waals surface area contributed by atoms with Crippen LogP contribution in [0.5, 0.6) is 5.75 Å². The summed E-state index contributed by atoms with van der Waals surface area (Å²) in [6.45, 7) is 5.99. The van der Waals surface area contributed by atoms with Gasteiger partial charge < -0.3 is 25.2 Å². The van der Waals surface area contributed by atoms with Crippen LogP contribution in [0.1, 0.15) is 44.2 Å². The molecule has 2 aromatic carbocycles. The molecule has 2 aliphatic rings. The number of amides is 3. The van der Waals surface area contributed by atoms with Gasteiger partial charge >= 0.3 is 0 Å². The lowest BCUT2D eigenvalue weighted by atomic mass is 9.97. The zero-order valence-corrected chi connectivity index (χ0v) is 23.4.